The van der Waals surface area contributed by atoms with E-state index in [1.54, 1.807) is 0 Å². The predicted octanol–water partition coefficient (Wildman–Crippen LogP) is 4.56. The molecule has 1 atom stereocenters. The summed E-state index contributed by atoms with van der Waals surface area (Å²) in [6.07, 6.45) is 6.94. The zero-order valence-corrected chi connectivity index (χ0v) is 12.1. The molecule has 2 N–H and O–H groups in total. The van der Waals surface area contributed by atoms with E-state index in [0.717, 1.165) is 5.92 Å². The zero-order chi connectivity index (χ0) is 13.2. The van der Waals surface area contributed by atoms with Gasteiger partial charge in [-0.15, -0.1) is 0 Å². The van der Waals surface area contributed by atoms with Crippen molar-refractivity contribution in [3.8, 4) is 0 Å². The minimum Gasteiger partial charge on any atom is -0.321 e. The first-order chi connectivity index (χ1) is 8.51. The Morgan fingerprint density at radius 3 is 2.11 bits per heavy atom. The standard InChI is InChI=1S/C17H27N/c1-13(2)17(3,18)16-11-9-15(10-12-16)14-7-5-4-6-8-14/h9-14H,4-8,18H2,1-3H3. The molecular weight excluding hydrogens is 218 g/mol. The van der Waals surface area contributed by atoms with Gasteiger partial charge in [0.15, 0.2) is 0 Å². The molecule has 18 heavy (non-hydrogen) atoms. The van der Waals surface area contributed by atoms with Gasteiger partial charge in [0.05, 0.1) is 0 Å². The van der Waals surface area contributed by atoms with Crippen molar-refractivity contribution in [2.75, 3.05) is 0 Å². The van der Waals surface area contributed by atoms with Gasteiger partial charge in [-0.05, 0) is 42.7 Å². The van der Waals surface area contributed by atoms with Crippen LogP contribution >= 0.6 is 0 Å². The Morgan fingerprint density at radius 1 is 1.06 bits per heavy atom. The van der Waals surface area contributed by atoms with Crippen LogP contribution in [0.15, 0.2) is 24.3 Å². The second-order valence-electron chi connectivity index (χ2n) is 6.39. The number of nitrogens with two attached hydrogens (primary N) is 1. The van der Waals surface area contributed by atoms with Gasteiger partial charge in [-0.3, -0.25) is 0 Å². The van der Waals surface area contributed by atoms with Gasteiger partial charge >= 0.3 is 0 Å². The maximum Gasteiger partial charge on any atom is 0.0404 e. The van der Waals surface area contributed by atoms with Crippen LogP contribution in [0.2, 0.25) is 0 Å². The highest BCUT2D eigenvalue weighted by Gasteiger charge is 2.25. The van der Waals surface area contributed by atoms with E-state index in [2.05, 4.69) is 45.0 Å². The third-order valence-corrected chi connectivity index (χ3v) is 4.81. The highest BCUT2D eigenvalue weighted by Crippen LogP contribution is 2.34. The maximum atomic E-state index is 6.41. The molecule has 1 aliphatic rings. The van der Waals surface area contributed by atoms with Crippen molar-refractivity contribution in [2.45, 2.75) is 64.3 Å². The second-order valence-corrected chi connectivity index (χ2v) is 6.39. The number of hydrogen-bond acceptors (Lipinski definition) is 1. The van der Waals surface area contributed by atoms with Crippen LogP contribution in [0.3, 0.4) is 0 Å². The molecule has 1 nitrogen and oxygen atoms in total. The van der Waals surface area contributed by atoms with Crippen molar-refractivity contribution < 1.29 is 0 Å². The second kappa shape index (κ2) is 5.44. The molecule has 0 bridgehead atoms. The van der Waals surface area contributed by atoms with Crippen LogP contribution in [0.4, 0.5) is 0 Å². The maximum absolute atomic E-state index is 6.41. The highest BCUT2D eigenvalue weighted by atomic mass is 14.7. The summed E-state index contributed by atoms with van der Waals surface area (Å²) in [6, 6.07) is 9.09. The third-order valence-electron chi connectivity index (χ3n) is 4.81. The van der Waals surface area contributed by atoms with Crippen LogP contribution in [0.5, 0.6) is 0 Å². The van der Waals surface area contributed by atoms with Crippen LogP contribution in [0.25, 0.3) is 0 Å². The van der Waals surface area contributed by atoms with Gasteiger partial charge in [0.25, 0.3) is 0 Å². The topological polar surface area (TPSA) is 26.0 Å². The normalized spacial score (nSPS) is 20.9. The predicted molar refractivity (Wildman–Crippen MR) is 78.6 cm³/mol. The molecule has 1 aliphatic carbocycles. The summed E-state index contributed by atoms with van der Waals surface area (Å²) in [7, 11) is 0. The molecule has 1 aromatic carbocycles. The van der Waals surface area contributed by atoms with E-state index in [-0.39, 0.29) is 5.54 Å². The first-order valence-electron chi connectivity index (χ1n) is 7.41. The molecule has 0 aliphatic heterocycles. The van der Waals surface area contributed by atoms with Gasteiger partial charge in [0, 0.05) is 5.54 Å². The van der Waals surface area contributed by atoms with Gasteiger partial charge in [-0.2, -0.15) is 0 Å². The highest BCUT2D eigenvalue weighted by molar-refractivity contribution is 5.30. The Bertz CT molecular complexity index is 369. The molecule has 0 spiro atoms. The molecule has 1 aromatic rings. The summed E-state index contributed by atoms with van der Waals surface area (Å²) in [6.45, 7) is 6.51. The van der Waals surface area contributed by atoms with E-state index < -0.39 is 0 Å². The molecule has 100 valence electrons. The van der Waals surface area contributed by atoms with Crippen molar-refractivity contribution in [2.24, 2.45) is 11.7 Å². The molecule has 0 radical (unpaired) electrons. The minimum atomic E-state index is -0.217. The first-order valence-corrected chi connectivity index (χ1v) is 7.41. The lowest BCUT2D eigenvalue weighted by atomic mass is 9.80. The van der Waals surface area contributed by atoms with Gasteiger partial charge in [-0.1, -0.05) is 57.4 Å². The van der Waals surface area contributed by atoms with Crippen LogP contribution < -0.4 is 5.73 Å². The number of hydrogen-bond donors (Lipinski definition) is 1. The Kier molecular flexibility index (Phi) is 4.11. The van der Waals surface area contributed by atoms with E-state index in [4.69, 9.17) is 5.73 Å². The van der Waals surface area contributed by atoms with Crippen molar-refractivity contribution in [1.29, 1.82) is 0 Å². The van der Waals surface area contributed by atoms with Gasteiger partial charge in [0.2, 0.25) is 0 Å². The van der Waals surface area contributed by atoms with Gasteiger partial charge < -0.3 is 5.73 Å². The lowest BCUT2D eigenvalue weighted by Gasteiger charge is -2.30. The summed E-state index contributed by atoms with van der Waals surface area (Å²) < 4.78 is 0. The van der Waals surface area contributed by atoms with Crippen LogP contribution in [-0.2, 0) is 5.54 Å². The molecule has 1 fully saturated rings. The smallest absolute Gasteiger partial charge is 0.0404 e. The minimum absolute atomic E-state index is 0.217. The Morgan fingerprint density at radius 2 is 1.61 bits per heavy atom. The van der Waals surface area contributed by atoms with E-state index >= 15 is 0 Å². The molecule has 0 saturated heterocycles. The van der Waals surface area contributed by atoms with E-state index in [1.807, 2.05) is 0 Å². The molecule has 1 heteroatoms. The summed E-state index contributed by atoms with van der Waals surface area (Å²) in [5.74, 6) is 1.24. The summed E-state index contributed by atoms with van der Waals surface area (Å²) in [5.41, 5.74) is 8.97. The van der Waals surface area contributed by atoms with Gasteiger partial charge in [-0.25, -0.2) is 0 Å². The Balaban J connectivity index is 2.14. The summed E-state index contributed by atoms with van der Waals surface area (Å²) in [4.78, 5) is 0. The van der Waals surface area contributed by atoms with E-state index in [1.165, 1.54) is 43.2 Å². The van der Waals surface area contributed by atoms with E-state index in [9.17, 15) is 0 Å². The molecule has 1 unspecified atom stereocenters. The van der Waals surface area contributed by atoms with Crippen molar-refractivity contribution in [3.63, 3.8) is 0 Å². The van der Waals surface area contributed by atoms with Crippen LogP contribution in [-0.4, -0.2) is 0 Å². The van der Waals surface area contributed by atoms with Crippen molar-refractivity contribution in [3.05, 3.63) is 35.4 Å². The summed E-state index contributed by atoms with van der Waals surface area (Å²) in [5, 5.41) is 0. The zero-order valence-electron chi connectivity index (χ0n) is 12.1. The van der Waals surface area contributed by atoms with Crippen LogP contribution in [0, 0.1) is 5.92 Å². The fourth-order valence-corrected chi connectivity index (χ4v) is 2.88. The van der Waals surface area contributed by atoms with Crippen molar-refractivity contribution in [1.82, 2.24) is 0 Å². The van der Waals surface area contributed by atoms with Crippen LogP contribution in [0.1, 0.15) is 69.9 Å². The summed E-state index contributed by atoms with van der Waals surface area (Å²) >= 11 is 0. The first kappa shape index (κ1) is 13.6. The Labute approximate surface area is 112 Å². The Hall–Kier alpha value is -0.820. The number of rotatable bonds is 3. The molecule has 0 aromatic heterocycles. The van der Waals surface area contributed by atoms with Crippen molar-refractivity contribution >= 4 is 0 Å². The monoisotopic (exact) mass is 245 g/mol. The molecule has 0 heterocycles. The third kappa shape index (κ3) is 2.77. The van der Waals surface area contributed by atoms with E-state index in [0.29, 0.717) is 5.92 Å². The molecule has 2 rings (SSSR count). The average molecular weight is 245 g/mol. The SMILES string of the molecule is CC(C)C(C)(N)c1ccc(C2CCCCC2)cc1. The lowest BCUT2D eigenvalue weighted by molar-refractivity contribution is 0.350. The molecule has 1 saturated carbocycles. The quantitative estimate of drug-likeness (QED) is 0.829. The fraction of sp³-hybridized carbons (Fsp3) is 0.647. The fourth-order valence-electron chi connectivity index (χ4n) is 2.88. The largest absolute Gasteiger partial charge is 0.321 e. The number of benzene rings is 1. The molecule has 0 amide bonds. The average Bonchev–Trinajstić information content (AvgIpc) is 2.40. The lowest BCUT2D eigenvalue weighted by Crippen LogP contribution is -2.38. The molecular formula is C17H27N. The van der Waals surface area contributed by atoms with Gasteiger partial charge in [0.1, 0.15) is 0 Å².